The van der Waals surface area contributed by atoms with Gasteiger partial charge in [-0.15, -0.1) is 18.3 Å². The van der Waals surface area contributed by atoms with E-state index in [1.54, 1.807) is 26.0 Å². The van der Waals surface area contributed by atoms with Crippen molar-refractivity contribution in [2.45, 2.75) is 38.5 Å². The number of hydrogen-bond donors (Lipinski definition) is 1. The number of nitrogens with one attached hydrogen (secondary N) is 1. The first-order chi connectivity index (χ1) is 15.0. The Kier molecular flexibility index (Phi) is 5.25. The normalized spacial score (nSPS) is 17.9. The number of carbonyl (C=O) groups is 2. The minimum atomic E-state index is -4.84. The molecule has 0 saturated carbocycles. The van der Waals surface area contributed by atoms with E-state index in [2.05, 4.69) is 20.1 Å². The molecule has 12 heteroatoms. The van der Waals surface area contributed by atoms with Crippen LogP contribution in [0.3, 0.4) is 0 Å². The SMILES string of the molecule is CC1(C)OC(=O)[C@@H](CC(=O)Nc2nc3ccc(-c4ccccc4OC(F)(F)F)cn3n2)O1. The number of carbonyl (C=O) groups excluding carboxylic acids is 2. The van der Waals surface area contributed by atoms with E-state index < -0.39 is 30.1 Å². The largest absolute Gasteiger partial charge is 0.573 e. The summed E-state index contributed by atoms with van der Waals surface area (Å²) < 4.78 is 53.9. The Morgan fingerprint density at radius 2 is 2.00 bits per heavy atom. The predicted molar refractivity (Wildman–Crippen MR) is 103 cm³/mol. The van der Waals surface area contributed by atoms with Crippen LogP contribution in [-0.4, -0.2) is 44.7 Å². The van der Waals surface area contributed by atoms with Gasteiger partial charge in [0.1, 0.15) is 5.75 Å². The number of cyclic esters (lactones) is 1. The van der Waals surface area contributed by atoms with Gasteiger partial charge >= 0.3 is 12.3 Å². The second-order valence-corrected chi connectivity index (χ2v) is 7.38. The quantitative estimate of drug-likeness (QED) is 0.595. The number of pyridine rings is 1. The van der Waals surface area contributed by atoms with E-state index in [0.29, 0.717) is 11.2 Å². The highest BCUT2D eigenvalue weighted by Gasteiger charge is 2.42. The Bertz CT molecular complexity index is 1190. The predicted octanol–water partition coefficient (Wildman–Crippen LogP) is 3.30. The second kappa shape index (κ2) is 7.79. The van der Waals surface area contributed by atoms with Crippen LogP contribution in [0.1, 0.15) is 20.3 Å². The molecule has 0 bridgehead atoms. The van der Waals surface area contributed by atoms with E-state index in [0.717, 1.165) is 0 Å². The number of ether oxygens (including phenoxy) is 3. The topological polar surface area (TPSA) is 104 Å². The van der Waals surface area contributed by atoms with Crippen molar-refractivity contribution in [3.05, 3.63) is 42.6 Å². The number of benzene rings is 1. The lowest BCUT2D eigenvalue weighted by Crippen LogP contribution is -2.26. The number of aromatic nitrogens is 3. The van der Waals surface area contributed by atoms with Crippen molar-refractivity contribution in [3.63, 3.8) is 0 Å². The number of para-hydroxylation sites is 1. The molecule has 168 valence electrons. The number of amides is 1. The first-order valence-electron chi connectivity index (χ1n) is 9.41. The fraction of sp³-hybridized carbons (Fsp3) is 0.300. The van der Waals surface area contributed by atoms with Gasteiger partial charge in [0.25, 0.3) is 0 Å². The number of esters is 1. The van der Waals surface area contributed by atoms with Gasteiger partial charge in [-0.3, -0.25) is 10.1 Å². The average molecular weight is 450 g/mol. The molecule has 4 rings (SSSR count). The number of nitrogens with zero attached hydrogens (tertiary/aromatic N) is 3. The van der Waals surface area contributed by atoms with Gasteiger partial charge in [-0.1, -0.05) is 18.2 Å². The van der Waals surface area contributed by atoms with Crippen LogP contribution in [0.4, 0.5) is 19.1 Å². The maximum atomic E-state index is 12.7. The first kappa shape index (κ1) is 21.6. The number of hydrogen-bond acceptors (Lipinski definition) is 7. The summed E-state index contributed by atoms with van der Waals surface area (Å²) in [6.07, 6.45) is -4.71. The maximum absolute atomic E-state index is 12.7. The molecule has 1 aliphatic heterocycles. The van der Waals surface area contributed by atoms with Gasteiger partial charge in [0.2, 0.25) is 17.6 Å². The molecule has 3 heterocycles. The van der Waals surface area contributed by atoms with Gasteiger partial charge in [-0.2, -0.15) is 4.98 Å². The van der Waals surface area contributed by atoms with Crippen LogP contribution in [0, 0.1) is 0 Å². The van der Waals surface area contributed by atoms with Crippen molar-refractivity contribution in [3.8, 4) is 16.9 Å². The van der Waals surface area contributed by atoms with Gasteiger partial charge in [0.05, 0.1) is 6.42 Å². The molecule has 2 aromatic heterocycles. The van der Waals surface area contributed by atoms with Crippen LogP contribution in [0.5, 0.6) is 5.75 Å². The molecule has 0 unspecified atom stereocenters. The Labute approximate surface area is 179 Å². The highest BCUT2D eigenvalue weighted by atomic mass is 19.4. The summed E-state index contributed by atoms with van der Waals surface area (Å²) in [5, 5.41) is 6.58. The number of fused-ring (bicyclic) bond motifs is 1. The summed E-state index contributed by atoms with van der Waals surface area (Å²) in [5.74, 6) is -2.72. The molecule has 1 atom stereocenters. The van der Waals surface area contributed by atoms with Gasteiger partial charge in [0, 0.05) is 31.2 Å². The molecule has 0 radical (unpaired) electrons. The minimum Gasteiger partial charge on any atom is -0.432 e. The monoisotopic (exact) mass is 450 g/mol. The van der Waals surface area contributed by atoms with Gasteiger partial charge in [-0.25, -0.2) is 9.31 Å². The standard InChI is InChI=1S/C20H17F3N4O5/c1-19(2)30-14(17(29)32-19)9-16(28)25-18-24-15-8-7-11(10-27(15)26-18)12-5-3-4-6-13(12)31-20(21,22)23/h3-8,10,14H,9H2,1-2H3,(H,25,26,28)/t14-/m1/s1. The number of alkyl halides is 3. The van der Waals surface area contributed by atoms with Crippen molar-refractivity contribution >= 4 is 23.5 Å². The van der Waals surface area contributed by atoms with Crippen LogP contribution in [0.2, 0.25) is 0 Å². The molecule has 1 aromatic carbocycles. The van der Waals surface area contributed by atoms with E-state index in [1.165, 1.54) is 35.0 Å². The van der Waals surface area contributed by atoms with Crippen molar-refractivity contribution in [1.29, 1.82) is 0 Å². The van der Waals surface area contributed by atoms with Gasteiger partial charge in [0.15, 0.2) is 11.8 Å². The van der Waals surface area contributed by atoms with E-state index >= 15 is 0 Å². The maximum Gasteiger partial charge on any atom is 0.573 e. The Balaban J connectivity index is 1.52. The summed E-state index contributed by atoms with van der Waals surface area (Å²) in [5.41, 5.74) is 0.938. The third-order valence-corrected chi connectivity index (χ3v) is 4.41. The van der Waals surface area contributed by atoms with Crippen LogP contribution in [0.15, 0.2) is 42.6 Å². The number of anilines is 1. The molecule has 1 saturated heterocycles. The molecule has 32 heavy (non-hydrogen) atoms. The zero-order valence-electron chi connectivity index (χ0n) is 16.8. The third kappa shape index (κ3) is 4.80. The van der Waals surface area contributed by atoms with Gasteiger partial charge < -0.3 is 14.2 Å². The van der Waals surface area contributed by atoms with Crippen LogP contribution in [-0.2, 0) is 19.1 Å². The zero-order valence-corrected chi connectivity index (χ0v) is 16.8. The Morgan fingerprint density at radius 3 is 2.69 bits per heavy atom. The van der Waals surface area contributed by atoms with Gasteiger partial charge in [-0.05, 0) is 18.2 Å². The first-order valence-corrected chi connectivity index (χ1v) is 9.41. The zero-order chi connectivity index (χ0) is 23.1. The third-order valence-electron chi connectivity index (χ3n) is 4.41. The molecule has 1 fully saturated rings. The van der Waals surface area contributed by atoms with Crippen molar-refractivity contribution in [2.24, 2.45) is 0 Å². The molecule has 1 N–H and O–H groups in total. The van der Waals surface area contributed by atoms with Crippen LogP contribution < -0.4 is 10.1 Å². The van der Waals surface area contributed by atoms with E-state index in [-0.39, 0.29) is 23.7 Å². The molecule has 1 aliphatic rings. The molecule has 3 aromatic rings. The lowest BCUT2D eigenvalue weighted by Gasteiger charge is -2.14. The molecule has 9 nitrogen and oxygen atoms in total. The fourth-order valence-electron chi connectivity index (χ4n) is 3.21. The second-order valence-electron chi connectivity index (χ2n) is 7.38. The summed E-state index contributed by atoms with van der Waals surface area (Å²) >= 11 is 0. The van der Waals surface area contributed by atoms with Crippen molar-refractivity contribution in [1.82, 2.24) is 14.6 Å². The molecule has 0 aliphatic carbocycles. The van der Waals surface area contributed by atoms with Crippen LogP contribution in [0.25, 0.3) is 16.8 Å². The fourth-order valence-corrected chi connectivity index (χ4v) is 3.21. The van der Waals surface area contributed by atoms with E-state index in [1.807, 2.05) is 0 Å². The summed E-state index contributed by atoms with van der Waals surface area (Å²) in [6.45, 7) is 3.11. The smallest absolute Gasteiger partial charge is 0.432 e. The summed E-state index contributed by atoms with van der Waals surface area (Å²) in [6, 6.07) is 8.77. The number of halogens is 3. The lowest BCUT2D eigenvalue weighted by molar-refractivity contribution is -0.274. The van der Waals surface area contributed by atoms with Crippen molar-refractivity contribution in [2.75, 3.05) is 5.32 Å². The number of rotatable bonds is 5. The highest BCUT2D eigenvalue weighted by molar-refractivity contribution is 5.93. The van der Waals surface area contributed by atoms with E-state index in [4.69, 9.17) is 9.47 Å². The minimum absolute atomic E-state index is 0.0439. The molecule has 1 amide bonds. The molecule has 0 spiro atoms. The summed E-state index contributed by atoms with van der Waals surface area (Å²) in [4.78, 5) is 28.2. The highest BCUT2D eigenvalue weighted by Crippen LogP contribution is 2.33. The summed E-state index contributed by atoms with van der Waals surface area (Å²) in [7, 11) is 0. The molecular formula is C20H17F3N4O5. The Morgan fingerprint density at radius 1 is 1.25 bits per heavy atom. The van der Waals surface area contributed by atoms with E-state index in [9.17, 15) is 22.8 Å². The average Bonchev–Trinajstić information content (AvgIpc) is 3.18. The van der Waals surface area contributed by atoms with Crippen LogP contribution >= 0.6 is 0 Å². The Hall–Kier alpha value is -3.67. The lowest BCUT2D eigenvalue weighted by atomic mass is 10.1. The molecular weight excluding hydrogens is 433 g/mol. The van der Waals surface area contributed by atoms with Crippen molar-refractivity contribution < 1.29 is 37.0 Å².